The zero-order valence-corrected chi connectivity index (χ0v) is 9.88. The van der Waals surface area contributed by atoms with E-state index in [9.17, 15) is 13.8 Å². The molecule has 0 fully saturated rings. The van der Waals surface area contributed by atoms with Crippen molar-refractivity contribution in [3.63, 3.8) is 0 Å². The number of anilines is 2. The van der Waals surface area contributed by atoms with Gasteiger partial charge in [0.2, 0.25) is 16.2 Å². The molecule has 1 heterocycles. The second-order valence-electron chi connectivity index (χ2n) is 2.71. The predicted octanol–water partition coefficient (Wildman–Crippen LogP) is -0.110. The van der Waals surface area contributed by atoms with Gasteiger partial charge in [-0.05, 0) is 0 Å². The molecule has 0 bridgehead atoms. The Hall–Kier alpha value is -1.59. The number of aliphatic carboxylic acids is 1. The Bertz CT molecular complexity index is 447. The topological polar surface area (TPSA) is 142 Å². The third-order valence-corrected chi connectivity index (χ3v) is 2.66. The van der Waals surface area contributed by atoms with E-state index in [0.29, 0.717) is 0 Å². The van der Waals surface area contributed by atoms with Crippen LogP contribution in [0.2, 0.25) is 0 Å². The number of amides is 1. The van der Waals surface area contributed by atoms with Crippen molar-refractivity contribution >= 4 is 44.7 Å². The molecule has 11 heteroatoms. The van der Waals surface area contributed by atoms with Crippen LogP contribution in [0.1, 0.15) is 12.8 Å². The first-order valence-electron chi connectivity index (χ1n) is 4.20. The van der Waals surface area contributed by atoms with Crippen molar-refractivity contribution in [2.24, 2.45) is 0 Å². The van der Waals surface area contributed by atoms with Gasteiger partial charge < -0.3 is 10.4 Å². The molecule has 0 aliphatic rings. The lowest BCUT2D eigenvalue weighted by Gasteiger charge is -1.97. The molecule has 0 aromatic carbocycles. The molecule has 1 aromatic rings. The molecule has 0 saturated heterocycles. The van der Waals surface area contributed by atoms with Crippen LogP contribution in [-0.4, -0.2) is 35.9 Å². The van der Waals surface area contributed by atoms with Crippen LogP contribution in [0.25, 0.3) is 0 Å². The van der Waals surface area contributed by atoms with Crippen molar-refractivity contribution in [3.8, 4) is 0 Å². The molecule has 0 aliphatic carbocycles. The summed E-state index contributed by atoms with van der Waals surface area (Å²) in [5, 5.41) is 17.9. The number of carboxylic acids is 1. The average Bonchev–Trinajstić information content (AvgIpc) is 2.61. The lowest BCUT2D eigenvalue weighted by Crippen LogP contribution is -2.12. The Balaban J connectivity index is 2.46. The van der Waals surface area contributed by atoms with Gasteiger partial charge in [0.25, 0.3) is 11.3 Å². The monoisotopic (exact) mass is 280 g/mol. The van der Waals surface area contributed by atoms with Crippen LogP contribution in [0.3, 0.4) is 0 Å². The fourth-order valence-corrected chi connectivity index (χ4v) is 1.87. The first kappa shape index (κ1) is 13.5. The summed E-state index contributed by atoms with van der Waals surface area (Å²) in [6.45, 7) is 0. The summed E-state index contributed by atoms with van der Waals surface area (Å²) >= 11 is -1.40. The minimum atomic E-state index is -2.26. The highest BCUT2D eigenvalue weighted by atomic mass is 32.2. The fourth-order valence-electron chi connectivity index (χ4n) is 0.792. The molecule has 9 nitrogen and oxygen atoms in total. The number of nitrogens with zero attached hydrogens (tertiary/aromatic N) is 2. The van der Waals surface area contributed by atoms with Crippen LogP contribution < -0.4 is 10.0 Å². The molecule has 94 valence electrons. The lowest BCUT2D eigenvalue weighted by molar-refractivity contribution is -0.138. The molecule has 0 spiro atoms. The summed E-state index contributed by atoms with van der Waals surface area (Å²) in [6, 6.07) is 0. The van der Waals surface area contributed by atoms with E-state index in [1.165, 1.54) is 0 Å². The number of nitrogens with one attached hydrogen (secondary N) is 2. The van der Waals surface area contributed by atoms with Crippen LogP contribution in [0.4, 0.5) is 10.3 Å². The summed E-state index contributed by atoms with van der Waals surface area (Å²) in [4.78, 5) is 21.4. The zero-order chi connectivity index (χ0) is 12.8. The number of rotatable bonds is 6. The van der Waals surface area contributed by atoms with E-state index in [1.807, 2.05) is 0 Å². The van der Waals surface area contributed by atoms with Crippen molar-refractivity contribution in [1.29, 1.82) is 0 Å². The second kappa shape index (κ2) is 6.22. The average molecular weight is 280 g/mol. The Labute approximate surface area is 102 Å². The number of carbonyl (C=O) groups excluding carboxylic acids is 1. The highest BCUT2D eigenvalue weighted by Gasteiger charge is 2.10. The molecule has 17 heavy (non-hydrogen) atoms. The van der Waals surface area contributed by atoms with Crippen molar-refractivity contribution in [2.75, 3.05) is 10.0 Å². The van der Waals surface area contributed by atoms with E-state index in [4.69, 9.17) is 9.66 Å². The quantitative estimate of drug-likeness (QED) is 0.532. The molecule has 0 radical (unpaired) electrons. The number of hydrogen-bond acceptors (Lipinski definition) is 6. The van der Waals surface area contributed by atoms with E-state index >= 15 is 0 Å². The van der Waals surface area contributed by atoms with E-state index in [0.717, 1.165) is 11.3 Å². The molecule has 0 aliphatic heterocycles. The summed E-state index contributed by atoms with van der Waals surface area (Å²) in [6.07, 6.45) is -0.458. The Morgan fingerprint density at radius 2 is 1.94 bits per heavy atom. The third-order valence-electron chi connectivity index (χ3n) is 1.41. The lowest BCUT2D eigenvalue weighted by atomic mass is 10.3. The highest BCUT2D eigenvalue weighted by molar-refractivity contribution is 7.80. The minimum Gasteiger partial charge on any atom is -0.481 e. The normalized spacial score (nSPS) is 11.8. The molecule has 1 atom stereocenters. The van der Waals surface area contributed by atoms with Crippen molar-refractivity contribution in [1.82, 2.24) is 10.2 Å². The zero-order valence-electron chi connectivity index (χ0n) is 8.24. The second-order valence-corrected chi connectivity index (χ2v) is 4.39. The van der Waals surface area contributed by atoms with Crippen LogP contribution in [0.15, 0.2) is 0 Å². The number of carbonyl (C=O) groups is 2. The smallest absolute Gasteiger partial charge is 0.303 e. The standard InChI is InChI=1S/C6H8N4O5S2/c11-3(1-2-4(12)13)7-5-8-9-6(16-5)10-17(14)15/h1-2H2,(H,9,10)(H,12,13)(H,14,15)(H,7,8,11). The Kier molecular flexibility index (Phi) is 4.93. The molecule has 1 rings (SSSR count). The largest absolute Gasteiger partial charge is 0.481 e. The summed E-state index contributed by atoms with van der Waals surface area (Å²) in [7, 11) is 0. The Morgan fingerprint density at radius 3 is 2.53 bits per heavy atom. The number of hydrogen-bond donors (Lipinski definition) is 4. The fraction of sp³-hybridized carbons (Fsp3) is 0.333. The van der Waals surface area contributed by atoms with Gasteiger partial charge in [-0.2, -0.15) is 0 Å². The Morgan fingerprint density at radius 1 is 1.29 bits per heavy atom. The summed E-state index contributed by atoms with van der Waals surface area (Å²) in [5.74, 6) is -1.59. The van der Waals surface area contributed by atoms with Gasteiger partial charge in [0.1, 0.15) is 0 Å². The van der Waals surface area contributed by atoms with Crippen LogP contribution in [0.5, 0.6) is 0 Å². The van der Waals surface area contributed by atoms with Gasteiger partial charge >= 0.3 is 5.97 Å². The molecule has 0 saturated carbocycles. The molecule has 1 amide bonds. The molecule has 1 unspecified atom stereocenters. The van der Waals surface area contributed by atoms with E-state index in [1.54, 1.807) is 0 Å². The molecular formula is C6H8N4O5S2. The van der Waals surface area contributed by atoms with Crippen LogP contribution >= 0.6 is 11.3 Å². The summed E-state index contributed by atoms with van der Waals surface area (Å²) < 4.78 is 20.9. The molecular weight excluding hydrogens is 272 g/mol. The van der Waals surface area contributed by atoms with Gasteiger partial charge in [0.05, 0.1) is 6.42 Å². The van der Waals surface area contributed by atoms with Gasteiger partial charge in [0.15, 0.2) is 0 Å². The maximum absolute atomic E-state index is 11.2. The van der Waals surface area contributed by atoms with E-state index < -0.39 is 23.1 Å². The van der Waals surface area contributed by atoms with Crippen LogP contribution in [0, 0.1) is 0 Å². The van der Waals surface area contributed by atoms with Gasteiger partial charge in [0, 0.05) is 6.42 Å². The van der Waals surface area contributed by atoms with Crippen molar-refractivity contribution < 1.29 is 23.5 Å². The number of carboxylic acid groups (broad SMARTS) is 1. The van der Waals surface area contributed by atoms with Crippen LogP contribution in [-0.2, 0) is 20.9 Å². The SMILES string of the molecule is O=C(O)CCC(=O)Nc1nnc(NS(=O)O)s1. The van der Waals surface area contributed by atoms with E-state index in [2.05, 4.69) is 20.2 Å². The van der Waals surface area contributed by atoms with Gasteiger partial charge in [-0.1, -0.05) is 11.3 Å². The minimum absolute atomic E-state index is 0.0689. The highest BCUT2D eigenvalue weighted by Crippen LogP contribution is 2.20. The third kappa shape index (κ3) is 5.33. The first-order valence-corrected chi connectivity index (χ1v) is 6.12. The molecule has 1 aromatic heterocycles. The van der Waals surface area contributed by atoms with Gasteiger partial charge in [-0.25, -0.2) is 4.21 Å². The maximum Gasteiger partial charge on any atom is 0.303 e. The van der Waals surface area contributed by atoms with Crippen molar-refractivity contribution in [3.05, 3.63) is 0 Å². The summed E-state index contributed by atoms with van der Waals surface area (Å²) in [5.41, 5.74) is 0. The predicted molar refractivity (Wildman–Crippen MR) is 59.8 cm³/mol. The van der Waals surface area contributed by atoms with E-state index in [-0.39, 0.29) is 23.1 Å². The number of aromatic nitrogens is 2. The maximum atomic E-state index is 11.2. The van der Waals surface area contributed by atoms with Crippen molar-refractivity contribution in [2.45, 2.75) is 12.8 Å². The van der Waals surface area contributed by atoms with Gasteiger partial charge in [-0.3, -0.25) is 18.9 Å². The van der Waals surface area contributed by atoms with Gasteiger partial charge in [-0.15, -0.1) is 10.2 Å². The first-order chi connectivity index (χ1) is 7.97. The molecule has 4 N–H and O–H groups in total.